The lowest BCUT2D eigenvalue weighted by atomic mass is 10.1. The van der Waals surface area contributed by atoms with Gasteiger partial charge in [0.25, 0.3) is 0 Å². The van der Waals surface area contributed by atoms with E-state index in [0.717, 1.165) is 23.1 Å². The molecule has 1 aliphatic heterocycles. The monoisotopic (exact) mass is 270 g/mol. The van der Waals surface area contributed by atoms with Crippen molar-refractivity contribution in [2.24, 2.45) is 0 Å². The van der Waals surface area contributed by atoms with Gasteiger partial charge in [-0.2, -0.15) is 4.00 Å². The van der Waals surface area contributed by atoms with Crippen molar-refractivity contribution in [1.82, 2.24) is 4.00 Å². The van der Waals surface area contributed by atoms with Crippen LogP contribution in [0.3, 0.4) is 0 Å². The van der Waals surface area contributed by atoms with Crippen LogP contribution in [0.25, 0.3) is 5.57 Å². The Morgan fingerprint density at radius 2 is 1.68 bits per heavy atom. The lowest BCUT2D eigenvalue weighted by Crippen LogP contribution is -2.29. The van der Waals surface area contributed by atoms with Gasteiger partial charge in [-0.3, -0.25) is 4.79 Å². The average molecular weight is 271 g/mol. The molecule has 0 fully saturated rings. The second-order valence-corrected chi connectivity index (χ2v) is 5.24. The maximum Gasteiger partial charge on any atom is 0.177 e. The summed E-state index contributed by atoms with van der Waals surface area (Å²) in [6.07, 6.45) is 2.68. The first-order valence-corrected chi connectivity index (χ1v) is 6.46. The van der Waals surface area contributed by atoms with Crippen LogP contribution >= 0.6 is 11.8 Å². The molecule has 2 nitrogen and oxygen atoms in total. The Balaban J connectivity index is 2.05. The molecule has 0 saturated heterocycles. The number of halogens is 1. The molecule has 0 aliphatic carbocycles. The molecule has 1 unspecified atom stereocenters. The van der Waals surface area contributed by atoms with Crippen molar-refractivity contribution >= 4 is 29.3 Å². The second-order valence-electron chi connectivity index (χ2n) is 4.63. The summed E-state index contributed by atoms with van der Waals surface area (Å²) in [4.78, 5) is 11.2. The number of benzene rings is 2. The number of quaternary nitrogens is 1. The van der Waals surface area contributed by atoms with Crippen molar-refractivity contribution in [1.29, 1.82) is 0 Å². The second kappa shape index (κ2) is 4.65. The minimum absolute atomic E-state index is 0.119. The molecule has 1 atom stereocenters. The first-order chi connectivity index (χ1) is 9.23. The molecule has 0 saturated carbocycles. The number of allylic oxidation sites excluding steroid dienone is 1. The van der Waals surface area contributed by atoms with Crippen LogP contribution < -0.4 is 4.00 Å². The van der Waals surface area contributed by atoms with E-state index in [-0.39, 0.29) is 4.00 Å². The van der Waals surface area contributed by atoms with Gasteiger partial charge in [-0.1, -0.05) is 42.5 Å². The van der Waals surface area contributed by atoms with Crippen LogP contribution in [0.4, 0.5) is 5.69 Å². The van der Waals surface area contributed by atoms with Gasteiger partial charge in [0, 0.05) is 11.6 Å². The Morgan fingerprint density at radius 3 is 2.42 bits per heavy atom. The van der Waals surface area contributed by atoms with Gasteiger partial charge in [0.05, 0.1) is 11.1 Å². The lowest BCUT2D eigenvalue weighted by molar-refractivity contribution is -0.103. The molecule has 0 N–H and O–H groups in total. The zero-order valence-electron chi connectivity index (χ0n) is 10.3. The van der Waals surface area contributed by atoms with Crippen molar-refractivity contribution in [3.63, 3.8) is 0 Å². The maximum absolute atomic E-state index is 11.2. The summed E-state index contributed by atoms with van der Waals surface area (Å²) >= 11 is 6.71. The topological polar surface area (TPSA) is 17.1 Å². The van der Waals surface area contributed by atoms with E-state index in [9.17, 15) is 4.79 Å². The molecule has 3 heteroatoms. The molecule has 2 aromatic rings. The van der Waals surface area contributed by atoms with Crippen LogP contribution in [-0.2, 0) is 11.3 Å². The summed E-state index contributed by atoms with van der Waals surface area (Å²) in [6.45, 7) is 0.622. The fourth-order valence-electron chi connectivity index (χ4n) is 2.48. The molecule has 0 radical (unpaired) electrons. The van der Waals surface area contributed by atoms with Gasteiger partial charge in [-0.15, -0.1) is 0 Å². The van der Waals surface area contributed by atoms with Crippen molar-refractivity contribution in [3.8, 4) is 0 Å². The fourth-order valence-corrected chi connectivity index (χ4v) is 2.87. The number of para-hydroxylation sites is 1. The van der Waals surface area contributed by atoms with E-state index >= 15 is 0 Å². The molecule has 0 aromatic heterocycles. The van der Waals surface area contributed by atoms with Crippen LogP contribution in [-0.4, -0.2) is 6.29 Å². The van der Waals surface area contributed by atoms with Crippen LogP contribution in [0.5, 0.6) is 0 Å². The highest BCUT2D eigenvalue weighted by molar-refractivity contribution is 6.27. The summed E-state index contributed by atoms with van der Waals surface area (Å²) < 4.78 is 0.119. The van der Waals surface area contributed by atoms with Gasteiger partial charge in [0.15, 0.2) is 23.8 Å². The van der Waals surface area contributed by atoms with Crippen molar-refractivity contribution in [3.05, 3.63) is 71.9 Å². The van der Waals surface area contributed by atoms with E-state index in [1.54, 1.807) is 0 Å². The van der Waals surface area contributed by atoms with E-state index in [1.807, 2.05) is 60.8 Å². The first-order valence-electron chi connectivity index (χ1n) is 6.12. The van der Waals surface area contributed by atoms with E-state index in [2.05, 4.69) is 0 Å². The van der Waals surface area contributed by atoms with Crippen LogP contribution in [0, 0.1) is 0 Å². The predicted octanol–water partition coefficient (Wildman–Crippen LogP) is 3.90. The molecule has 0 spiro atoms. The van der Waals surface area contributed by atoms with Crippen molar-refractivity contribution in [2.75, 3.05) is 0 Å². The molecular formula is C16H13ClNO+. The highest BCUT2D eigenvalue weighted by Crippen LogP contribution is 2.42. The zero-order chi connectivity index (χ0) is 13.3. The van der Waals surface area contributed by atoms with Gasteiger partial charge in [-0.05, 0) is 6.07 Å². The Bertz CT molecular complexity index is 651. The molecule has 94 valence electrons. The molecule has 0 bridgehead atoms. The Morgan fingerprint density at radius 1 is 1.00 bits per heavy atom. The molecule has 1 aliphatic rings. The predicted molar refractivity (Wildman–Crippen MR) is 78.3 cm³/mol. The van der Waals surface area contributed by atoms with E-state index in [0.29, 0.717) is 12.1 Å². The number of fused-ring (bicyclic) bond motifs is 1. The highest BCUT2D eigenvalue weighted by atomic mass is 35.5. The number of hydrogen-bond donors (Lipinski definition) is 0. The number of rotatable bonds is 3. The Kier molecular flexibility index (Phi) is 2.97. The minimum atomic E-state index is 0.119. The third-order valence-electron chi connectivity index (χ3n) is 3.34. The number of carbonyl (C=O) groups excluding carboxylic acids is 1. The maximum atomic E-state index is 11.2. The molecule has 2 aromatic carbocycles. The van der Waals surface area contributed by atoms with Crippen molar-refractivity contribution in [2.45, 2.75) is 6.54 Å². The Labute approximate surface area is 117 Å². The molecular weight excluding hydrogens is 258 g/mol. The quantitative estimate of drug-likeness (QED) is 0.611. The third-order valence-corrected chi connectivity index (χ3v) is 3.74. The standard InChI is InChI=1S/C16H13ClNO/c17-18(10-13-6-2-1-3-7-13)11-14(12-19)15-8-4-5-9-16(15)18/h1-9,11-12H,10H2/q+1. The van der Waals surface area contributed by atoms with Gasteiger partial charge in [0.1, 0.15) is 12.7 Å². The smallest absolute Gasteiger partial charge is 0.177 e. The summed E-state index contributed by atoms with van der Waals surface area (Å²) in [5, 5.41) is 0. The fraction of sp³-hybridized carbons (Fsp3) is 0.0625. The van der Waals surface area contributed by atoms with Crippen molar-refractivity contribution < 1.29 is 4.79 Å². The molecule has 19 heavy (non-hydrogen) atoms. The first kappa shape index (κ1) is 12.2. The van der Waals surface area contributed by atoms with Crippen LogP contribution in [0.15, 0.2) is 60.8 Å². The summed E-state index contributed by atoms with van der Waals surface area (Å²) in [7, 11) is 0. The Hall–Kier alpha value is -1.90. The highest BCUT2D eigenvalue weighted by Gasteiger charge is 2.38. The number of hydrogen-bond acceptors (Lipinski definition) is 1. The number of nitrogens with zero attached hydrogens (tertiary/aromatic N) is 1. The number of carbonyl (C=O) groups is 1. The van der Waals surface area contributed by atoms with Gasteiger partial charge < -0.3 is 0 Å². The zero-order valence-corrected chi connectivity index (χ0v) is 11.0. The molecule has 0 amide bonds. The van der Waals surface area contributed by atoms with E-state index in [4.69, 9.17) is 11.8 Å². The van der Waals surface area contributed by atoms with Crippen LogP contribution in [0.1, 0.15) is 11.1 Å². The molecule has 1 heterocycles. The van der Waals surface area contributed by atoms with Gasteiger partial charge >= 0.3 is 0 Å². The van der Waals surface area contributed by atoms with E-state index in [1.165, 1.54) is 0 Å². The lowest BCUT2D eigenvalue weighted by Gasteiger charge is -2.21. The van der Waals surface area contributed by atoms with Gasteiger partial charge in [-0.25, -0.2) is 0 Å². The van der Waals surface area contributed by atoms with E-state index < -0.39 is 0 Å². The SMILES string of the molecule is O=CC1=C[N+](Cl)(Cc2ccccc2)c2ccccc21. The number of aldehydes is 1. The van der Waals surface area contributed by atoms with Gasteiger partial charge in [0.2, 0.25) is 0 Å². The summed E-state index contributed by atoms with van der Waals surface area (Å²) in [5.74, 6) is 0. The average Bonchev–Trinajstić information content (AvgIpc) is 2.73. The summed E-state index contributed by atoms with van der Waals surface area (Å²) in [5.41, 5.74) is 3.66. The van der Waals surface area contributed by atoms with Crippen LogP contribution in [0.2, 0.25) is 0 Å². The summed E-state index contributed by atoms with van der Waals surface area (Å²) in [6, 6.07) is 17.8. The normalized spacial score (nSPS) is 20.8. The third kappa shape index (κ3) is 2.09. The minimum Gasteiger partial charge on any atom is -0.298 e. The largest absolute Gasteiger partial charge is 0.298 e. The molecule has 3 rings (SSSR count).